The lowest BCUT2D eigenvalue weighted by Crippen LogP contribution is -2.24. The van der Waals surface area contributed by atoms with Gasteiger partial charge in [-0.3, -0.25) is 4.79 Å². The van der Waals surface area contributed by atoms with Crippen molar-refractivity contribution in [3.05, 3.63) is 83.3 Å². The maximum absolute atomic E-state index is 13.1. The van der Waals surface area contributed by atoms with Crippen LogP contribution in [-0.4, -0.2) is 17.4 Å². The first-order chi connectivity index (χ1) is 15.7. The number of hydrogen-bond donors (Lipinski definition) is 2. The Balaban J connectivity index is 1.49. The second-order valence-corrected chi connectivity index (χ2v) is 8.07. The number of halogens is 1. The van der Waals surface area contributed by atoms with E-state index in [1.165, 1.54) is 57.2 Å². The fraction of sp³-hybridized carbons (Fsp3) is 0.250. The minimum absolute atomic E-state index is 0.176. The van der Waals surface area contributed by atoms with Gasteiger partial charge in [-0.25, -0.2) is 4.39 Å². The number of terminal acetylenes is 1. The predicted octanol–water partition coefficient (Wildman–Crippen LogP) is 6.17. The third kappa shape index (κ3) is 4.84. The highest BCUT2D eigenvalue weighted by Crippen LogP contribution is 2.31. The van der Waals surface area contributed by atoms with E-state index < -0.39 is 0 Å². The van der Waals surface area contributed by atoms with Crippen molar-refractivity contribution in [1.29, 1.82) is 0 Å². The molecule has 4 rings (SSSR count). The van der Waals surface area contributed by atoms with Crippen LogP contribution in [0.2, 0.25) is 0 Å². The van der Waals surface area contributed by atoms with Gasteiger partial charge in [-0.1, -0.05) is 36.4 Å². The lowest BCUT2D eigenvalue weighted by atomic mass is 10.00. The molecule has 2 N–H and O–H groups in total. The third-order valence-corrected chi connectivity index (χ3v) is 5.89. The summed E-state index contributed by atoms with van der Waals surface area (Å²) in [6, 6.07) is 18.4. The average Bonchev–Trinajstić information content (AvgIpc) is 3.17. The Bertz CT molecular complexity index is 1260. The Morgan fingerprint density at radius 3 is 2.56 bits per heavy atom. The fourth-order valence-electron chi connectivity index (χ4n) is 4.24. The van der Waals surface area contributed by atoms with Crippen molar-refractivity contribution >= 4 is 27.6 Å². The van der Waals surface area contributed by atoms with Gasteiger partial charge in [0.25, 0.3) is 5.91 Å². The number of nitrogens with one attached hydrogen (secondary N) is 2. The number of aromatic amines is 1. The number of amides is 1. The van der Waals surface area contributed by atoms with Gasteiger partial charge in [-0.2, -0.15) is 0 Å². The minimum Gasteiger partial charge on any atom is -0.358 e. The Kier molecular flexibility index (Phi) is 6.87. The van der Waals surface area contributed by atoms with Gasteiger partial charge in [0.15, 0.2) is 0 Å². The molecule has 4 heteroatoms. The molecule has 0 aliphatic heterocycles. The molecule has 0 spiro atoms. The van der Waals surface area contributed by atoms with Crippen LogP contribution in [0.15, 0.2) is 60.7 Å². The first-order valence-corrected chi connectivity index (χ1v) is 11.2. The third-order valence-electron chi connectivity index (χ3n) is 5.89. The molecule has 0 atom stereocenters. The van der Waals surface area contributed by atoms with Crippen molar-refractivity contribution < 1.29 is 9.18 Å². The molecule has 1 aromatic heterocycles. The number of carbonyl (C=O) groups excluding carboxylic acids is 1. The molecule has 1 heterocycles. The van der Waals surface area contributed by atoms with Gasteiger partial charge in [0.05, 0.1) is 5.52 Å². The Hall–Kier alpha value is -3.58. The summed E-state index contributed by atoms with van der Waals surface area (Å²) < 4.78 is 13.1. The normalized spacial score (nSPS) is 11.0. The average molecular weight is 427 g/mol. The standard InChI is InChI=1S/C28H27FN2O/c1-2-3-4-5-12-26-24(11-8-19-30-28(32)21-13-16-22(29)17-14-21)25-18-15-20-9-6-7-10-23(20)27(25)31-26/h1,6-7,9-10,13-18,31H,3-5,8,11-12,19H2,(H,30,32). The summed E-state index contributed by atoms with van der Waals surface area (Å²) in [5.41, 5.74) is 4.24. The first kappa shape index (κ1) is 21.6. The Morgan fingerprint density at radius 1 is 0.938 bits per heavy atom. The summed E-state index contributed by atoms with van der Waals surface area (Å²) >= 11 is 0. The summed E-state index contributed by atoms with van der Waals surface area (Å²) in [6.07, 6.45) is 10.9. The van der Waals surface area contributed by atoms with E-state index in [1.807, 2.05) is 0 Å². The SMILES string of the molecule is C#CCCCCc1[nH]c2c(ccc3ccccc32)c1CCCNC(=O)c1ccc(F)cc1. The van der Waals surface area contributed by atoms with Gasteiger partial charge in [-0.05, 0) is 67.3 Å². The molecule has 0 aliphatic carbocycles. The summed E-state index contributed by atoms with van der Waals surface area (Å²) in [7, 11) is 0. The number of benzene rings is 3. The molecule has 0 unspecified atom stereocenters. The van der Waals surface area contributed by atoms with E-state index in [0.717, 1.165) is 38.5 Å². The van der Waals surface area contributed by atoms with E-state index in [4.69, 9.17) is 6.42 Å². The predicted molar refractivity (Wildman–Crippen MR) is 129 cm³/mol. The lowest BCUT2D eigenvalue weighted by Gasteiger charge is -2.07. The highest BCUT2D eigenvalue weighted by Gasteiger charge is 2.14. The van der Waals surface area contributed by atoms with Crippen LogP contribution in [0.4, 0.5) is 4.39 Å². The minimum atomic E-state index is -0.344. The smallest absolute Gasteiger partial charge is 0.251 e. The molecule has 32 heavy (non-hydrogen) atoms. The number of hydrogen-bond acceptors (Lipinski definition) is 1. The molecular formula is C28H27FN2O. The number of aromatic nitrogens is 1. The number of fused-ring (bicyclic) bond motifs is 3. The van der Waals surface area contributed by atoms with Crippen molar-refractivity contribution in [1.82, 2.24) is 10.3 Å². The second-order valence-electron chi connectivity index (χ2n) is 8.07. The van der Waals surface area contributed by atoms with Gasteiger partial charge >= 0.3 is 0 Å². The maximum atomic E-state index is 13.1. The van der Waals surface area contributed by atoms with Crippen LogP contribution in [0.3, 0.4) is 0 Å². The van der Waals surface area contributed by atoms with E-state index in [-0.39, 0.29) is 11.7 Å². The number of rotatable bonds is 9. The number of H-pyrrole nitrogens is 1. The largest absolute Gasteiger partial charge is 0.358 e. The lowest BCUT2D eigenvalue weighted by molar-refractivity contribution is 0.0953. The quantitative estimate of drug-likeness (QED) is 0.244. The molecular weight excluding hydrogens is 399 g/mol. The number of carbonyl (C=O) groups is 1. The zero-order valence-corrected chi connectivity index (χ0v) is 18.1. The molecule has 0 saturated heterocycles. The van der Waals surface area contributed by atoms with Gasteiger partial charge in [-0.15, -0.1) is 12.3 Å². The van der Waals surface area contributed by atoms with Crippen LogP contribution in [0.1, 0.15) is 47.3 Å². The molecule has 0 fully saturated rings. The van der Waals surface area contributed by atoms with E-state index in [9.17, 15) is 9.18 Å². The van der Waals surface area contributed by atoms with Crippen LogP contribution in [-0.2, 0) is 12.8 Å². The first-order valence-electron chi connectivity index (χ1n) is 11.2. The topological polar surface area (TPSA) is 44.9 Å². The van der Waals surface area contributed by atoms with Crippen molar-refractivity contribution in [3.63, 3.8) is 0 Å². The zero-order valence-electron chi connectivity index (χ0n) is 18.1. The fourth-order valence-corrected chi connectivity index (χ4v) is 4.24. The number of unbranched alkanes of at least 4 members (excludes halogenated alkanes) is 2. The molecule has 0 aliphatic rings. The van der Waals surface area contributed by atoms with Gasteiger partial charge in [0.2, 0.25) is 0 Å². The van der Waals surface area contributed by atoms with E-state index >= 15 is 0 Å². The molecule has 162 valence electrons. The zero-order chi connectivity index (χ0) is 22.3. The summed E-state index contributed by atoms with van der Waals surface area (Å²) in [5, 5.41) is 6.64. The van der Waals surface area contributed by atoms with E-state index in [1.54, 1.807) is 0 Å². The molecule has 3 nitrogen and oxygen atoms in total. The van der Waals surface area contributed by atoms with Gasteiger partial charge in [0.1, 0.15) is 5.82 Å². The van der Waals surface area contributed by atoms with Crippen LogP contribution in [0.25, 0.3) is 21.7 Å². The highest BCUT2D eigenvalue weighted by atomic mass is 19.1. The summed E-state index contributed by atoms with van der Waals surface area (Å²) in [4.78, 5) is 16.0. The summed E-state index contributed by atoms with van der Waals surface area (Å²) in [5.74, 6) is 2.20. The van der Waals surface area contributed by atoms with Crippen LogP contribution >= 0.6 is 0 Å². The monoisotopic (exact) mass is 426 g/mol. The van der Waals surface area contributed by atoms with Crippen LogP contribution in [0, 0.1) is 18.2 Å². The molecule has 1 amide bonds. The molecule has 0 saturated carbocycles. The van der Waals surface area contributed by atoms with Crippen molar-refractivity contribution in [2.24, 2.45) is 0 Å². The highest BCUT2D eigenvalue weighted by molar-refractivity contribution is 6.07. The Labute approximate surface area is 188 Å². The van der Waals surface area contributed by atoms with Crippen molar-refractivity contribution in [3.8, 4) is 12.3 Å². The van der Waals surface area contributed by atoms with E-state index in [2.05, 4.69) is 52.6 Å². The molecule has 3 aromatic carbocycles. The Morgan fingerprint density at radius 2 is 1.75 bits per heavy atom. The van der Waals surface area contributed by atoms with Crippen LogP contribution < -0.4 is 5.32 Å². The van der Waals surface area contributed by atoms with Crippen LogP contribution in [0.5, 0.6) is 0 Å². The summed E-state index contributed by atoms with van der Waals surface area (Å²) in [6.45, 7) is 0.562. The molecule has 0 bridgehead atoms. The second kappa shape index (κ2) is 10.2. The maximum Gasteiger partial charge on any atom is 0.251 e. The van der Waals surface area contributed by atoms with Crippen molar-refractivity contribution in [2.75, 3.05) is 6.54 Å². The van der Waals surface area contributed by atoms with Gasteiger partial charge in [0, 0.05) is 35.0 Å². The number of aryl methyl sites for hydroxylation is 2. The van der Waals surface area contributed by atoms with Crippen molar-refractivity contribution in [2.45, 2.75) is 38.5 Å². The molecule has 0 radical (unpaired) electrons. The molecule has 4 aromatic rings. The van der Waals surface area contributed by atoms with Gasteiger partial charge < -0.3 is 10.3 Å². The van der Waals surface area contributed by atoms with E-state index in [0.29, 0.717) is 12.1 Å².